The third-order valence-electron chi connectivity index (χ3n) is 4.30. The van der Waals surface area contributed by atoms with E-state index in [1.165, 1.54) is 41.3 Å². The molecule has 0 aliphatic heterocycles. The van der Waals surface area contributed by atoms with E-state index in [9.17, 15) is 19.1 Å². The Morgan fingerprint density at radius 1 is 1.07 bits per heavy atom. The number of halogens is 1. The second-order valence-electron chi connectivity index (χ2n) is 6.22. The van der Waals surface area contributed by atoms with E-state index in [0.717, 1.165) is 10.8 Å². The summed E-state index contributed by atoms with van der Waals surface area (Å²) in [4.78, 5) is 26.2. The van der Waals surface area contributed by atoms with Crippen LogP contribution in [0.25, 0.3) is 10.8 Å². The Labute approximate surface area is 166 Å². The number of anilines is 1. The molecule has 146 valence electrons. The lowest BCUT2D eigenvalue weighted by Gasteiger charge is -2.21. The summed E-state index contributed by atoms with van der Waals surface area (Å²) in [7, 11) is 0. The van der Waals surface area contributed by atoms with Crippen LogP contribution in [-0.2, 0) is 9.53 Å². The fourth-order valence-corrected chi connectivity index (χ4v) is 2.86. The number of nitriles is 1. The summed E-state index contributed by atoms with van der Waals surface area (Å²) in [6.07, 6.45) is 0.0581. The van der Waals surface area contributed by atoms with Crippen LogP contribution in [0.5, 0.6) is 5.75 Å². The summed E-state index contributed by atoms with van der Waals surface area (Å²) in [5, 5.41) is 20.4. The lowest BCUT2D eigenvalue weighted by atomic mass is 10.1. The quantitative estimate of drug-likeness (QED) is 0.645. The van der Waals surface area contributed by atoms with Crippen LogP contribution in [0.4, 0.5) is 10.1 Å². The van der Waals surface area contributed by atoms with Crippen molar-refractivity contribution in [2.75, 3.05) is 18.1 Å². The van der Waals surface area contributed by atoms with E-state index >= 15 is 0 Å². The van der Waals surface area contributed by atoms with Crippen molar-refractivity contribution >= 4 is 28.3 Å². The minimum absolute atomic E-state index is 0.0538. The fraction of sp³-hybridized carbons (Fsp3) is 0.136. The zero-order valence-corrected chi connectivity index (χ0v) is 15.3. The molecule has 0 atom stereocenters. The number of nitrogens with zero attached hydrogens (tertiary/aromatic N) is 2. The van der Waals surface area contributed by atoms with Crippen molar-refractivity contribution in [3.05, 3.63) is 72.0 Å². The topological polar surface area (TPSA) is 90.6 Å². The zero-order valence-electron chi connectivity index (χ0n) is 15.3. The van der Waals surface area contributed by atoms with Crippen LogP contribution in [0.2, 0.25) is 0 Å². The first kappa shape index (κ1) is 19.8. The molecule has 1 amide bonds. The van der Waals surface area contributed by atoms with Crippen molar-refractivity contribution in [3.8, 4) is 11.8 Å². The van der Waals surface area contributed by atoms with Crippen molar-refractivity contribution in [3.63, 3.8) is 0 Å². The third-order valence-corrected chi connectivity index (χ3v) is 4.30. The summed E-state index contributed by atoms with van der Waals surface area (Å²) >= 11 is 0. The van der Waals surface area contributed by atoms with E-state index in [0.29, 0.717) is 5.69 Å². The van der Waals surface area contributed by atoms with Crippen LogP contribution >= 0.6 is 0 Å². The lowest BCUT2D eigenvalue weighted by Crippen LogP contribution is -2.35. The number of fused-ring (bicyclic) bond motifs is 1. The molecule has 0 heterocycles. The molecule has 0 saturated carbocycles. The molecule has 0 unspecified atom stereocenters. The van der Waals surface area contributed by atoms with Gasteiger partial charge in [0.2, 0.25) is 0 Å². The molecular weight excluding hydrogens is 375 g/mol. The maximum atomic E-state index is 13.1. The average molecular weight is 392 g/mol. The molecule has 0 spiro atoms. The van der Waals surface area contributed by atoms with Gasteiger partial charge in [-0.25, -0.2) is 9.18 Å². The number of aromatic hydroxyl groups is 1. The van der Waals surface area contributed by atoms with Crippen LogP contribution in [0.15, 0.2) is 60.7 Å². The summed E-state index contributed by atoms with van der Waals surface area (Å²) in [5.41, 5.74) is 0.332. The van der Waals surface area contributed by atoms with Gasteiger partial charge in [-0.2, -0.15) is 5.26 Å². The molecule has 3 aromatic carbocycles. The number of rotatable bonds is 6. The normalized spacial score (nSPS) is 10.3. The van der Waals surface area contributed by atoms with Gasteiger partial charge < -0.3 is 14.7 Å². The molecule has 0 aromatic heterocycles. The second kappa shape index (κ2) is 8.85. The van der Waals surface area contributed by atoms with E-state index in [1.54, 1.807) is 18.2 Å². The molecule has 0 fully saturated rings. The van der Waals surface area contributed by atoms with Crippen LogP contribution < -0.4 is 4.90 Å². The standard InChI is InChI=1S/C22H17FN2O4/c23-17-6-8-18(9-7-17)25(11-3-10-24)21(27)14-29-22(28)19-12-15-4-1-2-5-16(15)13-20(19)26/h1-2,4-9,12-13,26H,3,11,14H2. The van der Waals surface area contributed by atoms with Gasteiger partial charge in [0.15, 0.2) is 6.61 Å². The number of esters is 1. The highest BCUT2D eigenvalue weighted by atomic mass is 19.1. The fourth-order valence-electron chi connectivity index (χ4n) is 2.86. The van der Waals surface area contributed by atoms with E-state index in [1.807, 2.05) is 12.1 Å². The number of carbonyl (C=O) groups is 2. The average Bonchev–Trinajstić information content (AvgIpc) is 2.73. The van der Waals surface area contributed by atoms with Crippen molar-refractivity contribution in [1.82, 2.24) is 0 Å². The van der Waals surface area contributed by atoms with Crippen LogP contribution in [0.3, 0.4) is 0 Å². The Morgan fingerprint density at radius 2 is 1.72 bits per heavy atom. The molecular formula is C22H17FN2O4. The number of phenolic OH excluding ortho intramolecular Hbond substituents is 1. The molecule has 3 aromatic rings. The number of phenols is 1. The SMILES string of the molecule is N#CCCN(C(=O)COC(=O)c1cc2ccccc2cc1O)c1ccc(F)cc1. The van der Waals surface area contributed by atoms with E-state index in [4.69, 9.17) is 10.00 Å². The van der Waals surface area contributed by atoms with E-state index < -0.39 is 24.3 Å². The molecule has 6 nitrogen and oxygen atoms in total. The van der Waals surface area contributed by atoms with Crippen LogP contribution in [-0.4, -0.2) is 30.1 Å². The number of hydrogen-bond acceptors (Lipinski definition) is 5. The van der Waals surface area contributed by atoms with Crippen LogP contribution in [0.1, 0.15) is 16.8 Å². The van der Waals surface area contributed by atoms with Gasteiger partial charge in [0.1, 0.15) is 17.1 Å². The summed E-state index contributed by atoms with van der Waals surface area (Å²) in [5.74, 6) is -2.12. The number of hydrogen-bond donors (Lipinski definition) is 1. The highest BCUT2D eigenvalue weighted by Gasteiger charge is 2.20. The second-order valence-corrected chi connectivity index (χ2v) is 6.22. The molecule has 1 N–H and O–H groups in total. The highest BCUT2D eigenvalue weighted by Crippen LogP contribution is 2.25. The summed E-state index contributed by atoms with van der Waals surface area (Å²) < 4.78 is 18.2. The Bertz CT molecular complexity index is 1090. The number of benzene rings is 3. The predicted molar refractivity (Wildman–Crippen MR) is 105 cm³/mol. The van der Waals surface area contributed by atoms with Crippen molar-refractivity contribution < 1.29 is 23.8 Å². The van der Waals surface area contributed by atoms with Crippen molar-refractivity contribution in [1.29, 1.82) is 5.26 Å². The molecule has 3 rings (SSSR count). The van der Waals surface area contributed by atoms with Gasteiger partial charge in [-0.15, -0.1) is 0 Å². The van der Waals surface area contributed by atoms with Gasteiger partial charge in [-0.1, -0.05) is 24.3 Å². The van der Waals surface area contributed by atoms with Crippen molar-refractivity contribution in [2.24, 2.45) is 0 Å². The Kier molecular flexibility index (Phi) is 6.05. The Morgan fingerprint density at radius 3 is 2.38 bits per heavy atom. The van der Waals surface area contributed by atoms with E-state index in [-0.39, 0.29) is 24.3 Å². The molecule has 0 saturated heterocycles. The maximum Gasteiger partial charge on any atom is 0.342 e. The first-order valence-corrected chi connectivity index (χ1v) is 8.81. The molecule has 0 aliphatic rings. The van der Waals surface area contributed by atoms with Gasteiger partial charge in [0.25, 0.3) is 5.91 Å². The molecule has 0 radical (unpaired) electrons. The molecule has 0 aliphatic carbocycles. The lowest BCUT2D eigenvalue weighted by molar-refractivity contribution is -0.121. The number of amides is 1. The number of carbonyl (C=O) groups excluding carboxylic acids is 2. The summed E-state index contributed by atoms with van der Waals surface area (Å²) in [6, 6.07) is 17.3. The van der Waals surface area contributed by atoms with Crippen molar-refractivity contribution in [2.45, 2.75) is 6.42 Å². The number of ether oxygens (including phenoxy) is 1. The molecule has 0 bridgehead atoms. The van der Waals surface area contributed by atoms with Crippen LogP contribution in [0, 0.1) is 17.1 Å². The van der Waals surface area contributed by atoms with Gasteiger partial charge in [-0.3, -0.25) is 4.79 Å². The van der Waals surface area contributed by atoms with Gasteiger partial charge in [0, 0.05) is 12.2 Å². The molecule has 7 heteroatoms. The Hall–Kier alpha value is -3.92. The monoisotopic (exact) mass is 392 g/mol. The van der Waals surface area contributed by atoms with Gasteiger partial charge in [0.05, 0.1) is 12.5 Å². The van der Waals surface area contributed by atoms with E-state index in [2.05, 4.69) is 0 Å². The smallest absolute Gasteiger partial charge is 0.342 e. The highest BCUT2D eigenvalue weighted by molar-refractivity contribution is 6.00. The van der Waals surface area contributed by atoms with Gasteiger partial charge >= 0.3 is 5.97 Å². The first-order valence-electron chi connectivity index (χ1n) is 8.81. The van der Waals surface area contributed by atoms with Gasteiger partial charge in [-0.05, 0) is 47.2 Å². The maximum absolute atomic E-state index is 13.1. The predicted octanol–water partition coefficient (Wildman–Crippen LogP) is 3.79. The molecule has 29 heavy (non-hydrogen) atoms. The largest absolute Gasteiger partial charge is 0.507 e. The minimum Gasteiger partial charge on any atom is -0.507 e. The minimum atomic E-state index is -0.846. The summed E-state index contributed by atoms with van der Waals surface area (Å²) in [6.45, 7) is -0.520. The Balaban J connectivity index is 1.73. The third kappa shape index (κ3) is 4.68. The first-order chi connectivity index (χ1) is 14.0. The zero-order chi connectivity index (χ0) is 20.8.